The fourth-order valence-electron chi connectivity index (χ4n) is 4.58. The molecule has 0 aliphatic heterocycles. The van der Waals surface area contributed by atoms with Gasteiger partial charge < -0.3 is 5.32 Å². The molecule has 2 aliphatic rings. The molecular formula is C22H25ClN2O3S. The van der Waals surface area contributed by atoms with E-state index in [2.05, 4.69) is 5.32 Å². The zero-order valence-electron chi connectivity index (χ0n) is 16.3. The molecule has 0 saturated heterocycles. The first kappa shape index (κ1) is 20.2. The third-order valence-electron chi connectivity index (χ3n) is 6.15. The van der Waals surface area contributed by atoms with Crippen LogP contribution in [0.5, 0.6) is 0 Å². The summed E-state index contributed by atoms with van der Waals surface area (Å²) in [6, 6.07) is 13.4. The van der Waals surface area contributed by atoms with Gasteiger partial charge in [0.05, 0.1) is 10.6 Å². The van der Waals surface area contributed by atoms with Crippen molar-refractivity contribution in [2.24, 2.45) is 11.8 Å². The molecule has 0 unspecified atom stereocenters. The standard InChI is InChI=1S/C22H25ClN2O3S/c1-15-7-10-18(13-20(15)23)25(29(27,28)19-5-3-2-4-6-19)14-22(26)24-21-12-16-8-9-17(21)11-16/h2-7,10,13,16-17,21H,8-9,11-12,14H2,1H3,(H,24,26)/t16-,17-,21+/m1/s1. The summed E-state index contributed by atoms with van der Waals surface area (Å²) < 4.78 is 27.8. The lowest BCUT2D eigenvalue weighted by atomic mass is 9.95. The highest BCUT2D eigenvalue weighted by atomic mass is 35.5. The molecule has 2 aliphatic carbocycles. The lowest BCUT2D eigenvalue weighted by Gasteiger charge is -2.27. The SMILES string of the molecule is Cc1ccc(N(CC(=O)N[C@H]2C[C@@H]3CC[C@@H]2C3)S(=O)(=O)c2ccccc2)cc1Cl. The van der Waals surface area contributed by atoms with E-state index in [0.29, 0.717) is 22.5 Å². The molecule has 2 saturated carbocycles. The molecule has 0 spiro atoms. The largest absolute Gasteiger partial charge is 0.352 e. The number of carbonyl (C=O) groups is 1. The summed E-state index contributed by atoms with van der Waals surface area (Å²) in [4.78, 5) is 13.0. The lowest BCUT2D eigenvalue weighted by Crippen LogP contribution is -2.46. The monoisotopic (exact) mass is 432 g/mol. The van der Waals surface area contributed by atoms with Crippen molar-refractivity contribution < 1.29 is 13.2 Å². The summed E-state index contributed by atoms with van der Waals surface area (Å²) >= 11 is 6.25. The average Bonchev–Trinajstić information content (AvgIpc) is 3.32. The lowest BCUT2D eigenvalue weighted by molar-refractivity contribution is -0.120. The van der Waals surface area contributed by atoms with Gasteiger partial charge in [-0.2, -0.15) is 0 Å². The molecule has 0 aromatic heterocycles. The number of anilines is 1. The van der Waals surface area contributed by atoms with Crippen LogP contribution >= 0.6 is 11.6 Å². The van der Waals surface area contributed by atoms with E-state index < -0.39 is 10.0 Å². The van der Waals surface area contributed by atoms with Crippen LogP contribution in [-0.2, 0) is 14.8 Å². The van der Waals surface area contributed by atoms with Crippen molar-refractivity contribution in [3.63, 3.8) is 0 Å². The highest BCUT2D eigenvalue weighted by Gasteiger charge is 2.40. The number of carbonyl (C=O) groups excluding carboxylic acids is 1. The summed E-state index contributed by atoms with van der Waals surface area (Å²) in [5.41, 5.74) is 1.23. The topological polar surface area (TPSA) is 66.5 Å². The predicted molar refractivity (Wildman–Crippen MR) is 115 cm³/mol. The van der Waals surface area contributed by atoms with Gasteiger partial charge in [0.1, 0.15) is 6.54 Å². The van der Waals surface area contributed by atoms with Crippen LogP contribution in [0.4, 0.5) is 5.69 Å². The smallest absolute Gasteiger partial charge is 0.264 e. The van der Waals surface area contributed by atoms with Gasteiger partial charge in [0.25, 0.3) is 10.0 Å². The predicted octanol–water partition coefficient (Wildman–Crippen LogP) is 4.15. The van der Waals surface area contributed by atoms with Crippen molar-refractivity contribution in [2.45, 2.75) is 43.5 Å². The van der Waals surface area contributed by atoms with Crippen LogP contribution in [0.1, 0.15) is 31.2 Å². The Morgan fingerprint density at radius 2 is 1.90 bits per heavy atom. The first-order chi connectivity index (χ1) is 13.8. The van der Waals surface area contributed by atoms with E-state index in [0.717, 1.165) is 22.7 Å². The number of sulfonamides is 1. The Labute approximate surface area is 177 Å². The molecule has 2 aromatic rings. The van der Waals surface area contributed by atoms with Crippen LogP contribution in [0.2, 0.25) is 5.02 Å². The zero-order valence-corrected chi connectivity index (χ0v) is 17.9. The molecule has 3 atom stereocenters. The minimum absolute atomic E-state index is 0.143. The molecule has 154 valence electrons. The van der Waals surface area contributed by atoms with Crippen LogP contribution in [0.15, 0.2) is 53.4 Å². The van der Waals surface area contributed by atoms with E-state index in [-0.39, 0.29) is 23.4 Å². The molecule has 2 aromatic carbocycles. The van der Waals surface area contributed by atoms with Crippen LogP contribution in [-0.4, -0.2) is 26.9 Å². The van der Waals surface area contributed by atoms with Gasteiger partial charge in [-0.25, -0.2) is 8.42 Å². The van der Waals surface area contributed by atoms with Gasteiger partial charge in [-0.3, -0.25) is 9.10 Å². The van der Waals surface area contributed by atoms with Crippen molar-refractivity contribution in [1.82, 2.24) is 5.32 Å². The van der Waals surface area contributed by atoms with E-state index in [1.165, 1.54) is 25.0 Å². The molecule has 2 bridgehead atoms. The minimum Gasteiger partial charge on any atom is -0.352 e. The van der Waals surface area contributed by atoms with Crippen LogP contribution in [0, 0.1) is 18.8 Å². The van der Waals surface area contributed by atoms with Gasteiger partial charge in [-0.05, 0) is 67.9 Å². The molecular weight excluding hydrogens is 408 g/mol. The van der Waals surface area contributed by atoms with Gasteiger partial charge in [0.15, 0.2) is 0 Å². The van der Waals surface area contributed by atoms with E-state index >= 15 is 0 Å². The quantitative estimate of drug-likeness (QED) is 0.745. The van der Waals surface area contributed by atoms with Crippen molar-refractivity contribution in [3.8, 4) is 0 Å². The Bertz CT molecular complexity index is 1010. The van der Waals surface area contributed by atoms with E-state index in [9.17, 15) is 13.2 Å². The van der Waals surface area contributed by atoms with E-state index in [4.69, 9.17) is 11.6 Å². The molecule has 5 nitrogen and oxygen atoms in total. The van der Waals surface area contributed by atoms with Crippen LogP contribution < -0.4 is 9.62 Å². The molecule has 4 rings (SSSR count). The van der Waals surface area contributed by atoms with Crippen molar-refractivity contribution in [1.29, 1.82) is 0 Å². The summed E-state index contributed by atoms with van der Waals surface area (Å²) in [5, 5.41) is 3.54. The number of hydrogen-bond donors (Lipinski definition) is 1. The fourth-order valence-corrected chi connectivity index (χ4v) is 6.18. The summed E-state index contributed by atoms with van der Waals surface area (Å²) in [6.07, 6.45) is 4.56. The van der Waals surface area contributed by atoms with Gasteiger partial charge in [0, 0.05) is 11.1 Å². The normalized spacial score (nSPS) is 23.2. The first-order valence-electron chi connectivity index (χ1n) is 9.98. The number of amides is 1. The molecule has 29 heavy (non-hydrogen) atoms. The molecule has 1 N–H and O–H groups in total. The molecule has 1 amide bonds. The third-order valence-corrected chi connectivity index (χ3v) is 8.34. The van der Waals surface area contributed by atoms with E-state index in [1.807, 2.05) is 6.92 Å². The summed E-state index contributed by atoms with van der Waals surface area (Å²) in [5.74, 6) is 0.945. The zero-order chi connectivity index (χ0) is 20.6. The maximum atomic E-state index is 13.3. The summed E-state index contributed by atoms with van der Waals surface area (Å²) in [7, 11) is -3.91. The molecule has 2 fully saturated rings. The highest BCUT2D eigenvalue weighted by Crippen LogP contribution is 2.44. The summed E-state index contributed by atoms with van der Waals surface area (Å²) in [6.45, 7) is 1.58. The highest BCUT2D eigenvalue weighted by molar-refractivity contribution is 7.92. The Morgan fingerprint density at radius 1 is 1.14 bits per heavy atom. The van der Waals surface area contributed by atoms with Gasteiger partial charge in [-0.1, -0.05) is 42.3 Å². The molecule has 0 radical (unpaired) electrons. The fraction of sp³-hybridized carbons (Fsp3) is 0.409. The third kappa shape index (κ3) is 4.14. The minimum atomic E-state index is -3.91. The Balaban J connectivity index is 1.61. The number of benzene rings is 2. The second-order valence-corrected chi connectivity index (χ2v) is 10.4. The Morgan fingerprint density at radius 3 is 2.52 bits per heavy atom. The first-order valence-corrected chi connectivity index (χ1v) is 11.8. The Hall–Kier alpha value is -2.05. The molecule has 0 heterocycles. The number of nitrogens with zero attached hydrogens (tertiary/aromatic N) is 1. The maximum absolute atomic E-state index is 13.3. The maximum Gasteiger partial charge on any atom is 0.264 e. The van der Waals surface area contributed by atoms with Crippen molar-refractivity contribution >= 4 is 33.2 Å². The number of nitrogens with one attached hydrogen (secondary N) is 1. The second-order valence-electron chi connectivity index (χ2n) is 8.11. The van der Waals surface area contributed by atoms with Crippen molar-refractivity contribution in [3.05, 3.63) is 59.1 Å². The average molecular weight is 433 g/mol. The van der Waals surface area contributed by atoms with E-state index in [1.54, 1.807) is 36.4 Å². The number of rotatable bonds is 6. The number of aryl methyl sites for hydroxylation is 1. The van der Waals surface area contributed by atoms with Crippen LogP contribution in [0.25, 0.3) is 0 Å². The Kier molecular flexibility index (Phi) is 5.58. The number of halogens is 1. The number of hydrogen-bond acceptors (Lipinski definition) is 3. The number of fused-ring (bicyclic) bond motifs is 2. The van der Waals surface area contributed by atoms with Gasteiger partial charge >= 0.3 is 0 Å². The van der Waals surface area contributed by atoms with Crippen molar-refractivity contribution in [2.75, 3.05) is 10.8 Å². The second kappa shape index (κ2) is 8.00. The van der Waals surface area contributed by atoms with Gasteiger partial charge in [0.2, 0.25) is 5.91 Å². The molecule has 7 heteroatoms. The van der Waals surface area contributed by atoms with Crippen LogP contribution in [0.3, 0.4) is 0 Å². The van der Waals surface area contributed by atoms with Gasteiger partial charge in [-0.15, -0.1) is 0 Å².